The zero-order valence-corrected chi connectivity index (χ0v) is 30.4. The fourth-order valence-corrected chi connectivity index (χ4v) is 6.54. The van der Waals surface area contributed by atoms with Crippen LogP contribution in [-0.2, 0) is 44.5 Å². The van der Waals surface area contributed by atoms with E-state index < -0.39 is 57.8 Å². The Morgan fingerprint density at radius 1 is 1.10 bits per heavy atom. The maximum Gasteiger partial charge on any atom is 0.325 e. The highest BCUT2D eigenvalue weighted by molar-refractivity contribution is 6.67. The molecule has 2 saturated heterocycles. The summed E-state index contributed by atoms with van der Waals surface area (Å²) in [6.07, 6.45) is 7.29. The highest BCUT2D eigenvalue weighted by atomic mass is 35.6. The zero-order chi connectivity index (χ0) is 35.9. The molecule has 1 aromatic carbocycles. The number of hydrazine groups is 1. The van der Waals surface area contributed by atoms with Crippen LogP contribution in [0.15, 0.2) is 36.4 Å². The van der Waals surface area contributed by atoms with Crippen LogP contribution in [-0.4, -0.2) is 88.9 Å². The highest BCUT2D eigenvalue weighted by Gasteiger charge is 2.45. The van der Waals surface area contributed by atoms with Crippen LogP contribution in [0, 0.1) is 11.3 Å². The van der Waals surface area contributed by atoms with Crippen molar-refractivity contribution in [2.75, 3.05) is 33.2 Å². The number of carbonyl (C=O) groups is 4. The Labute approximate surface area is 306 Å². The van der Waals surface area contributed by atoms with Crippen molar-refractivity contribution in [1.82, 2.24) is 20.7 Å². The maximum atomic E-state index is 14.0. The minimum absolute atomic E-state index is 0.00787. The van der Waals surface area contributed by atoms with Gasteiger partial charge in [0.2, 0.25) is 3.79 Å². The Morgan fingerprint density at radius 2 is 1.82 bits per heavy atom. The molecular formula is C35H43Cl3N4O8. The van der Waals surface area contributed by atoms with E-state index in [9.17, 15) is 19.2 Å². The number of aryl methyl sites for hydroxylation is 1. The van der Waals surface area contributed by atoms with Gasteiger partial charge in [-0.25, -0.2) is 5.43 Å². The van der Waals surface area contributed by atoms with Gasteiger partial charge in [-0.2, -0.15) is 0 Å². The number of halogens is 3. The smallest absolute Gasteiger partial charge is 0.325 e. The molecule has 3 unspecified atom stereocenters. The number of amides is 2. The standard InChI is InChI=1S/C35H43Cl3N4O8/c1-3-26-13-12-24-11-10-23(17-28(24)40-26)14-15-34(18-47-21-48-19-34)33(46)50-29(25-7-4-5-8-25)30(43)39-22(2)31(44)42-16-6-9-27(41-42)32(45)49-20-35(36,37)38/h10-15,17,22,25,27,29,41H,3-9,16,18-21H2,1-2H3,(H,39,43)/b15-14+. The molecule has 1 aromatic heterocycles. The van der Waals surface area contributed by atoms with Crippen LogP contribution in [0.4, 0.5) is 0 Å². The normalized spacial score (nSPS) is 21.1. The molecule has 15 heteroatoms. The monoisotopic (exact) mass is 752 g/mol. The minimum Gasteiger partial charge on any atom is -0.460 e. The molecule has 1 aliphatic carbocycles. The quantitative estimate of drug-likeness (QED) is 0.242. The molecule has 0 bridgehead atoms. The summed E-state index contributed by atoms with van der Waals surface area (Å²) in [7, 11) is 0. The number of alkyl halides is 3. The van der Waals surface area contributed by atoms with Crippen molar-refractivity contribution >= 4 is 75.5 Å². The molecule has 5 rings (SSSR count). The zero-order valence-electron chi connectivity index (χ0n) is 28.1. The van der Waals surface area contributed by atoms with Crippen molar-refractivity contribution in [3.8, 4) is 0 Å². The van der Waals surface area contributed by atoms with Crippen molar-refractivity contribution in [2.24, 2.45) is 11.3 Å². The van der Waals surface area contributed by atoms with E-state index in [4.69, 9.17) is 58.7 Å². The van der Waals surface area contributed by atoms with Crippen molar-refractivity contribution in [1.29, 1.82) is 0 Å². The van der Waals surface area contributed by atoms with E-state index in [2.05, 4.69) is 10.7 Å². The summed E-state index contributed by atoms with van der Waals surface area (Å²) < 4.78 is 20.5. The van der Waals surface area contributed by atoms with Gasteiger partial charge in [0.25, 0.3) is 11.8 Å². The summed E-state index contributed by atoms with van der Waals surface area (Å²) in [4.78, 5) is 58.4. The number of ether oxygens (including phenoxy) is 4. The molecule has 272 valence electrons. The second kappa shape index (κ2) is 17.0. The van der Waals surface area contributed by atoms with Crippen LogP contribution in [0.5, 0.6) is 0 Å². The fourth-order valence-electron chi connectivity index (χ4n) is 6.38. The van der Waals surface area contributed by atoms with Gasteiger partial charge in [-0.15, -0.1) is 0 Å². The van der Waals surface area contributed by atoms with Crippen LogP contribution in [0.3, 0.4) is 0 Å². The summed E-state index contributed by atoms with van der Waals surface area (Å²) >= 11 is 17.1. The van der Waals surface area contributed by atoms with Gasteiger partial charge in [-0.1, -0.05) is 84.9 Å². The summed E-state index contributed by atoms with van der Waals surface area (Å²) in [5.74, 6) is -2.60. The lowest BCUT2D eigenvalue weighted by Gasteiger charge is -2.35. The Kier molecular flexibility index (Phi) is 13.0. The summed E-state index contributed by atoms with van der Waals surface area (Å²) in [5.41, 5.74) is 4.21. The van der Waals surface area contributed by atoms with Crippen LogP contribution >= 0.6 is 34.8 Å². The number of rotatable bonds is 11. The van der Waals surface area contributed by atoms with Crippen molar-refractivity contribution in [3.05, 3.63) is 47.7 Å². The number of hydrogen-bond donors (Lipinski definition) is 2. The van der Waals surface area contributed by atoms with Crippen molar-refractivity contribution in [3.63, 3.8) is 0 Å². The van der Waals surface area contributed by atoms with Gasteiger partial charge < -0.3 is 24.3 Å². The van der Waals surface area contributed by atoms with E-state index in [1.165, 1.54) is 11.9 Å². The minimum atomic E-state index is -1.77. The van der Waals surface area contributed by atoms with E-state index in [1.54, 1.807) is 6.08 Å². The van der Waals surface area contributed by atoms with Gasteiger partial charge in [-0.3, -0.25) is 29.2 Å². The molecule has 0 radical (unpaired) electrons. The average Bonchev–Trinajstić information content (AvgIpc) is 3.66. The number of nitrogens with zero attached hydrogens (tertiary/aromatic N) is 2. The molecule has 12 nitrogen and oxygen atoms in total. The van der Waals surface area contributed by atoms with Crippen LogP contribution < -0.4 is 10.7 Å². The summed E-state index contributed by atoms with van der Waals surface area (Å²) in [5, 5.41) is 5.02. The lowest BCUT2D eigenvalue weighted by atomic mass is 9.87. The lowest BCUT2D eigenvalue weighted by Crippen LogP contribution is -2.60. The summed E-state index contributed by atoms with van der Waals surface area (Å²) in [6, 6.07) is 8.07. The van der Waals surface area contributed by atoms with Crippen LogP contribution in [0.25, 0.3) is 17.0 Å². The maximum absolute atomic E-state index is 14.0. The molecule has 3 aliphatic rings. The third-order valence-corrected chi connectivity index (χ3v) is 9.52. The number of hydrogen-bond acceptors (Lipinski definition) is 10. The van der Waals surface area contributed by atoms with E-state index in [1.807, 2.05) is 43.3 Å². The van der Waals surface area contributed by atoms with E-state index in [0.29, 0.717) is 32.2 Å². The van der Waals surface area contributed by atoms with E-state index >= 15 is 0 Å². The summed E-state index contributed by atoms with van der Waals surface area (Å²) in [6.45, 7) is 3.50. The van der Waals surface area contributed by atoms with Gasteiger partial charge >= 0.3 is 11.9 Å². The van der Waals surface area contributed by atoms with Crippen LogP contribution in [0.2, 0.25) is 0 Å². The molecule has 1 saturated carbocycles. The highest BCUT2D eigenvalue weighted by Crippen LogP contribution is 2.34. The average molecular weight is 754 g/mol. The first kappa shape index (κ1) is 38.2. The predicted octanol–water partition coefficient (Wildman–Crippen LogP) is 4.82. The van der Waals surface area contributed by atoms with Gasteiger partial charge in [-0.05, 0) is 56.7 Å². The number of pyridine rings is 1. The number of esters is 2. The number of fused-ring (bicyclic) bond motifs is 1. The van der Waals surface area contributed by atoms with Gasteiger partial charge in [0.15, 0.2) is 6.10 Å². The Hall–Kier alpha value is -3.00. The SMILES string of the molecule is CCc1ccc2ccc(/C=C/C3(C(=O)OC(C(=O)NC(C)C(=O)N4CCCC(C(=O)OCC(Cl)(Cl)Cl)N4)C4CCCC4)COCOC3)cc2n1. The Morgan fingerprint density at radius 3 is 2.52 bits per heavy atom. The molecule has 3 atom stereocenters. The molecule has 2 N–H and O–H groups in total. The Bertz CT molecular complexity index is 1570. The Balaban J connectivity index is 1.27. The van der Waals surface area contributed by atoms with Crippen molar-refractivity contribution in [2.45, 2.75) is 80.8 Å². The van der Waals surface area contributed by atoms with Crippen molar-refractivity contribution < 1.29 is 38.1 Å². The predicted molar refractivity (Wildman–Crippen MR) is 188 cm³/mol. The second-order valence-corrected chi connectivity index (χ2v) is 15.6. The molecule has 2 amide bonds. The first-order valence-corrected chi connectivity index (χ1v) is 18.1. The third-order valence-electron chi connectivity index (χ3n) is 9.19. The number of carbonyl (C=O) groups excluding carboxylic acids is 4. The number of aromatic nitrogens is 1. The van der Waals surface area contributed by atoms with Gasteiger partial charge in [0, 0.05) is 23.5 Å². The lowest BCUT2D eigenvalue weighted by molar-refractivity contribution is -0.193. The number of nitrogens with one attached hydrogen (secondary N) is 2. The number of benzene rings is 1. The fraction of sp³-hybridized carbons (Fsp3) is 0.571. The second-order valence-electron chi connectivity index (χ2n) is 13.0. The van der Waals surface area contributed by atoms with Gasteiger partial charge in [0.05, 0.1) is 18.7 Å². The molecule has 3 heterocycles. The molecule has 2 aliphatic heterocycles. The van der Waals surface area contributed by atoms with Crippen LogP contribution in [0.1, 0.15) is 63.6 Å². The molecular weight excluding hydrogens is 711 g/mol. The molecule has 3 fully saturated rings. The first-order valence-electron chi connectivity index (χ1n) is 16.9. The van der Waals surface area contributed by atoms with E-state index in [-0.39, 0.29) is 25.9 Å². The van der Waals surface area contributed by atoms with Gasteiger partial charge in [0.1, 0.15) is 30.9 Å². The molecule has 2 aromatic rings. The first-order chi connectivity index (χ1) is 23.9. The largest absolute Gasteiger partial charge is 0.460 e. The third kappa shape index (κ3) is 9.86. The van der Waals surface area contributed by atoms with E-state index in [0.717, 1.165) is 41.4 Å². The molecule has 0 spiro atoms. The topological polar surface area (TPSA) is 145 Å². The molecule has 50 heavy (non-hydrogen) atoms.